The van der Waals surface area contributed by atoms with Gasteiger partial charge in [-0.3, -0.25) is 14.2 Å². The van der Waals surface area contributed by atoms with Gasteiger partial charge in [0.15, 0.2) is 10.9 Å². The minimum atomic E-state index is -0.135. The van der Waals surface area contributed by atoms with Crippen LogP contribution in [0.15, 0.2) is 70.7 Å². The second kappa shape index (κ2) is 7.48. The van der Waals surface area contributed by atoms with Gasteiger partial charge in [0.1, 0.15) is 0 Å². The Morgan fingerprint density at radius 2 is 1.89 bits per heavy atom. The van der Waals surface area contributed by atoms with Crippen LogP contribution in [0.25, 0.3) is 16.6 Å². The van der Waals surface area contributed by atoms with Gasteiger partial charge in [0.2, 0.25) is 0 Å². The second-order valence-corrected chi connectivity index (χ2v) is 7.56. The number of H-pyrrole nitrogens is 1. The number of aromatic amines is 1. The molecule has 0 aliphatic heterocycles. The molecule has 0 spiro atoms. The summed E-state index contributed by atoms with van der Waals surface area (Å²) in [6.07, 6.45) is 1.72. The lowest BCUT2D eigenvalue weighted by Gasteiger charge is -2.14. The van der Waals surface area contributed by atoms with Crippen molar-refractivity contribution in [2.75, 3.05) is 5.75 Å². The highest BCUT2D eigenvalue weighted by atomic mass is 32.2. The number of rotatable bonds is 5. The van der Waals surface area contributed by atoms with Crippen molar-refractivity contribution in [3.8, 4) is 5.69 Å². The summed E-state index contributed by atoms with van der Waals surface area (Å²) in [6, 6.07) is 16.7. The molecule has 1 N–H and O–H groups in total. The van der Waals surface area contributed by atoms with Gasteiger partial charge < -0.3 is 4.98 Å². The number of hydrogen-bond acceptors (Lipinski definition) is 4. The summed E-state index contributed by atoms with van der Waals surface area (Å²) < 4.78 is 1.60. The Labute approximate surface area is 166 Å². The number of nitrogens with one attached hydrogen (secondary N) is 1. The predicted octanol–water partition coefficient (Wildman–Crippen LogP) is 4.31. The third-order valence-corrected chi connectivity index (χ3v) is 5.66. The number of nitrogens with zero attached hydrogens (tertiary/aromatic N) is 2. The van der Waals surface area contributed by atoms with Crippen LogP contribution in [0, 0.1) is 13.8 Å². The molecule has 0 unspecified atom stereocenters. The first kappa shape index (κ1) is 18.3. The topological polar surface area (TPSA) is 67.8 Å². The number of carbonyl (C=O) groups is 1. The molecule has 4 aromatic rings. The second-order valence-electron chi connectivity index (χ2n) is 6.62. The smallest absolute Gasteiger partial charge is 0.266 e. The quantitative estimate of drug-likeness (QED) is 0.314. The van der Waals surface area contributed by atoms with Gasteiger partial charge in [0.25, 0.3) is 5.56 Å². The fraction of sp³-hybridized carbons (Fsp3) is 0.136. The van der Waals surface area contributed by atoms with Crippen molar-refractivity contribution in [2.45, 2.75) is 19.0 Å². The largest absolute Gasteiger partial charge is 0.359 e. The average Bonchev–Trinajstić information content (AvgIpc) is 3.23. The summed E-state index contributed by atoms with van der Waals surface area (Å²) in [6.45, 7) is 4.05. The highest BCUT2D eigenvalue weighted by molar-refractivity contribution is 7.99. The molecule has 6 heteroatoms. The van der Waals surface area contributed by atoms with Gasteiger partial charge in [-0.15, -0.1) is 0 Å². The van der Waals surface area contributed by atoms with Crippen molar-refractivity contribution in [3.63, 3.8) is 0 Å². The van der Waals surface area contributed by atoms with E-state index in [0.29, 0.717) is 21.8 Å². The maximum atomic E-state index is 13.2. The molecule has 0 atom stereocenters. The molecule has 4 rings (SSSR count). The standard InChI is InChI=1S/C22H19N3O2S/c1-14-9-10-16(12-15(14)2)25-21(27)17-6-3-4-7-18(17)24-22(25)28-13-20(26)19-8-5-11-23-19/h3-12,23H,13H2,1-2H3. The number of benzene rings is 2. The van der Waals surface area contributed by atoms with E-state index in [1.54, 1.807) is 29.0 Å². The molecule has 0 amide bonds. The van der Waals surface area contributed by atoms with Gasteiger partial charge in [0.05, 0.1) is 28.0 Å². The van der Waals surface area contributed by atoms with Crippen molar-refractivity contribution < 1.29 is 4.79 Å². The zero-order chi connectivity index (χ0) is 19.7. The van der Waals surface area contributed by atoms with Gasteiger partial charge >= 0.3 is 0 Å². The summed E-state index contributed by atoms with van der Waals surface area (Å²) in [5.41, 5.74) is 4.04. The first-order chi connectivity index (χ1) is 13.5. The Morgan fingerprint density at radius 1 is 1.07 bits per heavy atom. The first-order valence-corrected chi connectivity index (χ1v) is 9.92. The van der Waals surface area contributed by atoms with Crippen LogP contribution in [0.4, 0.5) is 0 Å². The molecule has 0 fully saturated rings. The lowest BCUT2D eigenvalue weighted by atomic mass is 10.1. The summed E-state index contributed by atoms with van der Waals surface area (Å²) in [7, 11) is 0. The van der Waals surface area contributed by atoms with E-state index in [9.17, 15) is 9.59 Å². The van der Waals surface area contributed by atoms with Gasteiger partial charge in [0, 0.05) is 6.20 Å². The molecule has 5 nitrogen and oxygen atoms in total. The molecule has 0 aliphatic carbocycles. The minimum Gasteiger partial charge on any atom is -0.359 e. The van der Waals surface area contributed by atoms with Crippen LogP contribution >= 0.6 is 11.8 Å². The van der Waals surface area contributed by atoms with Crippen LogP contribution in [0.5, 0.6) is 0 Å². The van der Waals surface area contributed by atoms with E-state index in [2.05, 4.69) is 9.97 Å². The molecule has 0 radical (unpaired) electrons. The van der Waals surface area contributed by atoms with Gasteiger partial charge in [-0.05, 0) is 61.4 Å². The van der Waals surface area contributed by atoms with Crippen molar-refractivity contribution in [2.24, 2.45) is 0 Å². The monoisotopic (exact) mass is 389 g/mol. The van der Waals surface area contributed by atoms with Crippen molar-refractivity contribution in [1.82, 2.24) is 14.5 Å². The number of thioether (sulfide) groups is 1. The number of carbonyl (C=O) groups excluding carboxylic acids is 1. The first-order valence-electron chi connectivity index (χ1n) is 8.93. The molecular weight excluding hydrogens is 370 g/mol. The fourth-order valence-corrected chi connectivity index (χ4v) is 3.91. The third kappa shape index (κ3) is 3.39. The van der Waals surface area contributed by atoms with Crippen LogP contribution in [0.1, 0.15) is 21.6 Å². The van der Waals surface area contributed by atoms with Crippen molar-refractivity contribution >= 4 is 28.4 Å². The van der Waals surface area contributed by atoms with Crippen LogP contribution in [-0.2, 0) is 0 Å². The Balaban J connectivity index is 1.82. The molecule has 0 aliphatic rings. The Hall–Kier alpha value is -3.12. The SMILES string of the molecule is Cc1ccc(-n2c(SCC(=O)c3ccc[nH]3)nc3ccccc3c2=O)cc1C. The Kier molecular flexibility index (Phi) is 4.88. The van der Waals surface area contributed by atoms with Crippen LogP contribution in [0.3, 0.4) is 0 Å². The van der Waals surface area contributed by atoms with E-state index < -0.39 is 0 Å². The van der Waals surface area contributed by atoms with Crippen LogP contribution in [0.2, 0.25) is 0 Å². The molecule has 2 aromatic heterocycles. The summed E-state index contributed by atoms with van der Waals surface area (Å²) >= 11 is 1.27. The number of Topliss-reactive ketones (excluding diaryl/α,β-unsaturated/α-hetero) is 1. The number of aryl methyl sites for hydroxylation is 2. The van der Waals surface area contributed by atoms with E-state index in [1.165, 1.54) is 11.8 Å². The van der Waals surface area contributed by atoms with Crippen molar-refractivity contribution in [3.05, 3.63) is 88.0 Å². The van der Waals surface area contributed by atoms with E-state index in [-0.39, 0.29) is 17.1 Å². The van der Waals surface area contributed by atoms with E-state index >= 15 is 0 Å². The zero-order valence-electron chi connectivity index (χ0n) is 15.6. The molecular formula is C22H19N3O2S. The molecule has 2 heterocycles. The number of para-hydroxylation sites is 1. The number of hydrogen-bond donors (Lipinski definition) is 1. The predicted molar refractivity (Wildman–Crippen MR) is 113 cm³/mol. The van der Waals surface area contributed by atoms with Gasteiger partial charge in [-0.1, -0.05) is 30.0 Å². The molecule has 0 saturated carbocycles. The minimum absolute atomic E-state index is 0.0379. The number of ketones is 1. The number of fused-ring (bicyclic) bond motifs is 1. The third-order valence-electron chi connectivity index (χ3n) is 4.72. The normalized spacial score (nSPS) is 11.1. The van der Waals surface area contributed by atoms with Crippen LogP contribution in [-0.4, -0.2) is 26.1 Å². The zero-order valence-corrected chi connectivity index (χ0v) is 16.4. The lowest BCUT2D eigenvalue weighted by molar-refractivity contribution is 0.101. The summed E-state index contributed by atoms with van der Waals surface area (Å²) in [5.74, 6) is 0.153. The maximum Gasteiger partial charge on any atom is 0.266 e. The van der Waals surface area contributed by atoms with Crippen molar-refractivity contribution in [1.29, 1.82) is 0 Å². The highest BCUT2D eigenvalue weighted by Crippen LogP contribution is 2.23. The van der Waals surface area contributed by atoms with E-state index in [0.717, 1.165) is 16.8 Å². The van der Waals surface area contributed by atoms with Crippen LogP contribution < -0.4 is 5.56 Å². The lowest BCUT2D eigenvalue weighted by Crippen LogP contribution is -2.22. The molecule has 2 aromatic carbocycles. The summed E-state index contributed by atoms with van der Waals surface area (Å²) in [5, 5.41) is 1.06. The molecule has 0 saturated heterocycles. The fourth-order valence-electron chi connectivity index (χ4n) is 3.01. The molecule has 140 valence electrons. The molecule has 0 bridgehead atoms. The Bertz CT molecular complexity index is 1230. The maximum absolute atomic E-state index is 13.2. The average molecular weight is 389 g/mol. The van der Waals surface area contributed by atoms with Gasteiger partial charge in [-0.2, -0.15) is 0 Å². The van der Waals surface area contributed by atoms with E-state index in [4.69, 9.17) is 0 Å². The van der Waals surface area contributed by atoms with E-state index in [1.807, 2.05) is 50.2 Å². The highest BCUT2D eigenvalue weighted by Gasteiger charge is 2.16. The van der Waals surface area contributed by atoms with Gasteiger partial charge in [-0.25, -0.2) is 4.98 Å². The summed E-state index contributed by atoms with van der Waals surface area (Å²) in [4.78, 5) is 33.2. The Morgan fingerprint density at radius 3 is 2.64 bits per heavy atom. The number of aromatic nitrogens is 3. The molecule has 28 heavy (non-hydrogen) atoms.